The van der Waals surface area contributed by atoms with Crippen molar-refractivity contribution < 1.29 is 4.39 Å². The zero-order valence-corrected chi connectivity index (χ0v) is 10.9. The number of pyridine rings is 1. The van der Waals surface area contributed by atoms with Crippen LogP contribution in [0.4, 0.5) is 4.39 Å². The maximum absolute atomic E-state index is 13.5. The van der Waals surface area contributed by atoms with Gasteiger partial charge in [-0.05, 0) is 52.3 Å². The van der Waals surface area contributed by atoms with Crippen LogP contribution in [0.25, 0.3) is 0 Å². The number of aromatic nitrogens is 1. The van der Waals surface area contributed by atoms with Crippen LogP contribution in [0.5, 0.6) is 0 Å². The highest BCUT2D eigenvalue weighted by Crippen LogP contribution is 2.24. The predicted molar refractivity (Wildman–Crippen MR) is 69.2 cm³/mol. The Kier molecular flexibility index (Phi) is 3.86. The van der Waals surface area contributed by atoms with Crippen LogP contribution in [0.15, 0.2) is 47.2 Å². The van der Waals surface area contributed by atoms with Gasteiger partial charge in [0.25, 0.3) is 0 Å². The molecule has 1 aromatic heterocycles. The molecule has 1 unspecified atom stereocenters. The van der Waals surface area contributed by atoms with Crippen LogP contribution in [0, 0.1) is 5.82 Å². The fourth-order valence-corrected chi connectivity index (χ4v) is 2.01. The van der Waals surface area contributed by atoms with Gasteiger partial charge in [0.05, 0.1) is 10.5 Å². The summed E-state index contributed by atoms with van der Waals surface area (Å²) in [4.78, 5) is 4.08. The second kappa shape index (κ2) is 5.38. The van der Waals surface area contributed by atoms with E-state index in [0.717, 1.165) is 11.1 Å². The molecule has 0 spiro atoms. The number of hydrogen-bond acceptors (Lipinski definition) is 2. The lowest BCUT2D eigenvalue weighted by molar-refractivity contribution is 0.610. The standard InChI is InChI=1S/C13H12BrFN2/c1-16-13(10-3-2-6-17-8-10)9-4-5-11(14)12(15)7-9/h2-8,13,16H,1H3. The van der Waals surface area contributed by atoms with Gasteiger partial charge >= 0.3 is 0 Å². The Morgan fingerprint density at radius 2 is 2.12 bits per heavy atom. The Balaban J connectivity index is 2.39. The molecule has 0 amide bonds. The zero-order valence-electron chi connectivity index (χ0n) is 9.32. The van der Waals surface area contributed by atoms with E-state index < -0.39 is 0 Å². The van der Waals surface area contributed by atoms with Crippen molar-refractivity contribution in [3.8, 4) is 0 Å². The normalized spacial score (nSPS) is 12.4. The first-order chi connectivity index (χ1) is 8.22. The molecule has 1 aromatic carbocycles. The first kappa shape index (κ1) is 12.2. The SMILES string of the molecule is CNC(c1cccnc1)c1ccc(Br)c(F)c1. The molecule has 1 atom stereocenters. The summed E-state index contributed by atoms with van der Waals surface area (Å²) < 4.78 is 14.0. The summed E-state index contributed by atoms with van der Waals surface area (Å²) in [5, 5.41) is 3.16. The molecule has 0 radical (unpaired) electrons. The smallest absolute Gasteiger partial charge is 0.137 e. The highest BCUT2D eigenvalue weighted by atomic mass is 79.9. The van der Waals surface area contributed by atoms with Crippen molar-refractivity contribution in [2.24, 2.45) is 0 Å². The van der Waals surface area contributed by atoms with Crippen molar-refractivity contribution in [3.05, 3.63) is 64.1 Å². The zero-order chi connectivity index (χ0) is 12.3. The molecule has 17 heavy (non-hydrogen) atoms. The minimum absolute atomic E-state index is 0.0497. The highest BCUT2D eigenvalue weighted by Gasteiger charge is 2.13. The Morgan fingerprint density at radius 1 is 1.29 bits per heavy atom. The summed E-state index contributed by atoms with van der Waals surface area (Å²) in [6.45, 7) is 0. The van der Waals surface area contributed by atoms with Crippen molar-refractivity contribution in [2.75, 3.05) is 7.05 Å². The van der Waals surface area contributed by atoms with Gasteiger partial charge in [-0.3, -0.25) is 4.98 Å². The van der Waals surface area contributed by atoms with Gasteiger partial charge in [0.1, 0.15) is 5.82 Å². The number of hydrogen-bond donors (Lipinski definition) is 1. The molecule has 4 heteroatoms. The summed E-state index contributed by atoms with van der Waals surface area (Å²) in [6, 6.07) is 8.92. The van der Waals surface area contributed by atoms with Gasteiger partial charge in [0.2, 0.25) is 0 Å². The van der Waals surface area contributed by atoms with Gasteiger partial charge in [-0.25, -0.2) is 4.39 Å². The maximum atomic E-state index is 13.5. The molecule has 2 rings (SSSR count). The third kappa shape index (κ3) is 2.70. The molecule has 2 nitrogen and oxygen atoms in total. The lowest BCUT2D eigenvalue weighted by Gasteiger charge is -2.17. The van der Waals surface area contributed by atoms with E-state index in [9.17, 15) is 4.39 Å². The molecule has 0 aliphatic heterocycles. The quantitative estimate of drug-likeness (QED) is 0.940. The van der Waals surface area contributed by atoms with Crippen LogP contribution in [0.3, 0.4) is 0 Å². The van der Waals surface area contributed by atoms with Crippen LogP contribution in [-0.2, 0) is 0 Å². The first-order valence-corrected chi connectivity index (χ1v) is 6.04. The average Bonchev–Trinajstić information content (AvgIpc) is 2.36. The van der Waals surface area contributed by atoms with E-state index in [1.54, 1.807) is 18.5 Å². The molecule has 0 aliphatic carbocycles. The molecule has 0 saturated carbocycles. The summed E-state index contributed by atoms with van der Waals surface area (Å²) in [7, 11) is 1.84. The number of halogens is 2. The second-order valence-corrected chi connectivity index (χ2v) is 4.54. The van der Waals surface area contributed by atoms with Gasteiger partial charge in [-0.15, -0.1) is 0 Å². The van der Waals surface area contributed by atoms with Gasteiger partial charge < -0.3 is 5.32 Å². The minimum atomic E-state index is -0.258. The van der Waals surface area contributed by atoms with Gasteiger partial charge in [0.15, 0.2) is 0 Å². The Morgan fingerprint density at radius 3 is 2.71 bits per heavy atom. The Labute approximate surface area is 108 Å². The monoisotopic (exact) mass is 294 g/mol. The van der Waals surface area contributed by atoms with E-state index in [2.05, 4.69) is 26.2 Å². The molecule has 88 valence electrons. The second-order valence-electron chi connectivity index (χ2n) is 3.68. The third-order valence-corrected chi connectivity index (χ3v) is 3.23. The van der Waals surface area contributed by atoms with E-state index in [-0.39, 0.29) is 11.9 Å². The lowest BCUT2D eigenvalue weighted by Crippen LogP contribution is -2.17. The molecule has 0 aliphatic rings. The third-order valence-electron chi connectivity index (χ3n) is 2.58. The summed E-state index contributed by atoms with van der Waals surface area (Å²) in [5.74, 6) is -0.258. The van der Waals surface area contributed by atoms with Crippen LogP contribution in [0.2, 0.25) is 0 Å². The molecular weight excluding hydrogens is 283 g/mol. The Bertz CT molecular complexity index is 502. The van der Waals surface area contributed by atoms with Crippen molar-refractivity contribution in [2.45, 2.75) is 6.04 Å². The van der Waals surface area contributed by atoms with Gasteiger partial charge in [-0.1, -0.05) is 12.1 Å². The van der Waals surface area contributed by atoms with Crippen molar-refractivity contribution >= 4 is 15.9 Å². The number of nitrogens with zero attached hydrogens (tertiary/aromatic N) is 1. The minimum Gasteiger partial charge on any atom is -0.309 e. The fourth-order valence-electron chi connectivity index (χ4n) is 1.76. The molecular formula is C13H12BrFN2. The molecule has 2 aromatic rings. The lowest BCUT2D eigenvalue weighted by atomic mass is 10.0. The fraction of sp³-hybridized carbons (Fsp3) is 0.154. The van der Waals surface area contributed by atoms with Crippen LogP contribution in [-0.4, -0.2) is 12.0 Å². The number of benzene rings is 1. The van der Waals surface area contributed by atoms with Crippen molar-refractivity contribution in [3.63, 3.8) is 0 Å². The van der Waals surface area contributed by atoms with Crippen LogP contribution in [0.1, 0.15) is 17.2 Å². The first-order valence-electron chi connectivity index (χ1n) is 5.24. The van der Waals surface area contributed by atoms with Crippen LogP contribution >= 0.6 is 15.9 Å². The van der Waals surface area contributed by atoms with Crippen molar-refractivity contribution in [1.82, 2.24) is 10.3 Å². The van der Waals surface area contributed by atoms with E-state index in [4.69, 9.17) is 0 Å². The van der Waals surface area contributed by atoms with E-state index in [1.165, 1.54) is 6.07 Å². The predicted octanol–water partition coefficient (Wildman–Crippen LogP) is 3.29. The molecule has 0 saturated heterocycles. The number of rotatable bonds is 3. The molecule has 1 N–H and O–H groups in total. The highest BCUT2D eigenvalue weighted by molar-refractivity contribution is 9.10. The topological polar surface area (TPSA) is 24.9 Å². The van der Waals surface area contributed by atoms with Crippen LogP contribution < -0.4 is 5.32 Å². The largest absolute Gasteiger partial charge is 0.309 e. The molecule has 1 heterocycles. The Hall–Kier alpha value is -1.26. The maximum Gasteiger partial charge on any atom is 0.137 e. The van der Waals surface area contributed by atoms with Gasteiger partial charge in [-0.2, -0.15) is 0 Å². The van der Waals surface area contributed by atoms with E-state index in [1.807, 2.05) is 25.2 Å². The van der Waals surface area contributed by atoms with Gasteiger partial charge in [0, 0.05) is 12.4 Å². The molecule has 0 fully saturated rings. The number of nitrogens with one attached hydrogen (secondary N) is 1. The molecule has 0 bridgehead atoms. The summed E-state index contributed by atoms with van der Waals surface area (Å²) in [5.41, 5.74) is 1.89. The summed E-state index contributed by atoms with van der Waals surface area (Å²) in [6.07, 6.45) is 3.50. The van der Waals surface area contributed by atoms with E-state index >= 15 is 0 Å². The summed E-state index contributed by atoms with van der Waals surface area (Å²) >= 11 is 3.15. The van der Waals surface area contributed by atoms with E-state index in [0.29, 0.717) is 4.47 Å². The van der Waals surface area contributed by atoms with Crippen molar-refractivity contribution in [1.29, 1.82) is 0 Å². The average molecular weight is 295 g/mol.